The summed E-state index contributed by atoms with van der Waals surface area (Å²) in [7, 11) is 2.20. The molecule has 0 spiro atoms. The fourth-order valence-corrected chi connectivity index (χ4v) is 3.53. The van der Waals surface area contributed by atoms with E-state index >= 15 is 0 Å². The summed E-state index contributed by atoms with van der Waals surface area (Å²) in [5.41, 5.74) is 7.40. The number of hydrogen-bond acceptors (Lipinski definition) is 4. The van der Waals surface area contributed by atoms with Gasteiger partial charge in [-0.15, -0.1) is 11.3 Å². The van der Waals surface area contributed by atoms with E-state index in [1.54, 1.807) is 11.3 Å². The number of nitrogens with zero attached hydrogens (tertiary/aromatic N) is 2. The molecule has 2 N–H and O–H groups in total. The second kappa shape index (κ2) is 3.79. The minimum Gasteiger partial charge on any atom is -0.319 e. The fourth-order valence-electron chi connectivity index (χ4n) is 2.46. The second-order valence-electron chi connectivity index (χ2n) is 5.34. The topological polar surface area (TPSA) is 42.1 Å². The Morgan fingerprint density at radius 1 is 1.56 bits per heavy atom. The molecular weight excluding hydrogens is 218 g/mol. The third kappa shape index (κ3) is 1.90. The molecule has 2 heterocycles. The Morgan fingerprint density at radius 3 is 3.06 bits per heavy atom. The van der Waals surface area contributed by atoms with Crippen molar-refractivity contribution in [1.82, 2.24) is 9.88 Å². The molecule has 0 radical (unpaired) electrons. The summed E-state index contributed by atoms with van der Waals surface area (Å²) in [4.78, 5) is 7.17. The molecule has 1 saturated heterocycles. The van der Waals surface area contributed by atoms with Gasteiger partial charge in [0.1, 0.15) is 5.01 Å². The van der Waals surface area contributed by atoms with Gasteiger partial charge < -0.3 is 10.6 Å². The first kappa shape index (κ1) is 10.7. The van der Waals surface area contributed by atoms with Crippen LogP contribution >= 0.6 is 11.3 Å². The van der Waals surface area contributed by atoms with E-state index in [0.717, 1.165) is 24.4 Å². The van der Waals surface area contributed by atoms with E-state index in [1.807, 2.05) is 0 Å². The zero-order chi connectivity index (χ0) is 11.2. The number of hydrogen-bond donors (Lipinski definition) is 1. The quantitative estimate of drug-likeness (QED) is 0.854. The van der Waals surface area contributed by atoms with Crippen LogP contribution in [-0.2, 0) is 5.54 Å². The number of likely N-dealkylation sites (tertiary alicyclic amines) is 1. The normalized spacial score (nSPS) is 29.2. The summed E-state index contributed by atoms with van der Waals surface area (Å²) < 4.78 is 0. The SMILES string of the molecule is CN1CCCC(c2csc(C3(N)CC3)n2)C1. The lowest BCUT2D eigenvalue weighted by molar-refractivity contribution is 0.248. The van der Waals surface area contributed by atoms with Gasteiger partial charge in [0.25, 0.3) is 0 Å². The molecule has 2 fully saturated rings. The maximum atomic E-state index is 6.18. The van der Waals surface area contributed by atoms with Gasteiger partial charge in [-0.3, -0.25) is 0 Å². The Morgan fingerprint density at radius 2 is 2.38 bits per heavy atom. The molecule has 2 aliphatic rings. The van der Waals surface area contributed by atoms with E-state index < -0.39 is 0 Å². The van der Waals surface area contributed by atoms with Crippen molar-refractivity contribution in [3.8, 4) is 0 Å². The van der Waals surface area contributed by atoms with Gasteiger partial charge in [-0.05, 0) is 39.3 Å². The number of likely N-dealkylation sites (N-methyl/N-ethyl adjacent to an activating group) is 1. The van der Waals surface area contributed by atoms with Crippen LogP contribution in [-0.4, -0.2) is 30.0 Å². The van der Waals surface area contributed by atoms with Crippen LogP contribution in [0.25, 0.3) is 0 Å². The Bertz CT molecular complexity index is 383. The summed E-state index contributed by atoms with van der Waals surface area (Å²) >= 11 is 1.76. The first-order chi connectivity index (χ1) is 7.67. The van der Waals surface area contributed by atoms with Crippen molar-refractivity contribution in [3.63, 3.8) is 0 Å². The Hall–Kier alpha value is -0.450. The van der Waals surface area contributed by atoms with Crippen molar-refractivity contribution in [2.45, 2.75) is 37.1 Å². The molecule has 0 amide bonds. The van der Waals surface area contributed by atoms with E-state index in [-0.39, 0.29) is 5.54 Å². The molecule has 3 nitrogen and oxygen atoms in total. The van der Waals surface area contributed by atoms with Crippen LogP contribution in [0.5, 0.6) is 0 Å². The van der Waals surface area contributed by atoms with Gasteiger partial charge in [0.05, 0.1) is 11.2 Å². The van der Waals surface area contributed by atoms with Crippen LogP contribution in [0.3, 0.4) is 0 Å². The van der Waals surface area contributed by atoms with Crippen LogP contribution in [0.1, 0.15) is 42.3 Å². The second-order valence-corrected chi connectivity index (χ2v) is 6.19. The zero-order valence-corrected chi connectivity index (χ0v) is 10.6. The first-order valence-electron chi connectivity index (χ1n) is 6.11. The minimum absolute atomic E-state index is 0.0521. The highest BCUT2D eigenvalue weighted by Gasteiger charge is 2.43. The first-order valence-corrected chi connectivity index (χ1v) is 6.99. The highest BCUT2D eigenvalue weighted by molar-refractivity contribution is 7.09. The van der Waals surface area contributed by atoms with E-state index in [9.17, 15) is 0 Å². The van der Waals surface area contributed by atoms with Crippen molar-refractivity contribution in [3.05, 3.63) is 16.1 Å². The average molecular weight is 237 g/mol. The molecule has 0 aromatic carbocycles. The largest absolute Gasteiger partial charge is 0.319 e. The zero-order valence-electron chi connectivity index (χ0n) is 9.78. The van der Waals surface area contributed by atoms with Crippen LogP contribution in [0.4, 0.5) is 0 Å². The van der Waals surface area contributed by atoms with Crippen molar-refractivity contribution in [2.24, 2.45) is 5.73 Å². The van der Waals surface area contributed by atoms with Crippen molar-refractivity contribution >= 4 is 11.3 Å². The average Bonchev–Trinajstić information content (AvgIpc) is 2.83. The van der Waals surface area contributed by atoms with E-state index in [1.165, 1.54) is 25.1 Å². The molecule has 0 bridgehead atoms. The molecular formula is C12H19N3S. The van der Waals surface area contributed by atoms with Crippen molar-refractivity contribution < 1.29 is 0 Å². The molecule has 1 aromatic heterocycles. The third-order valence-electron chi connectivity index (χ3n) is 3.78. The van der Waals surface area contributed by atoms with Gasteiger partial charge >= 0.3 is 0 Å². The van der Waals surface area contributed by atoms with Crippen LogP contribution in [0.15, 0.2) is 5.38 Å². The third-order valence-corrected chi connectivity index (χ3v) is 4.86. The molecule has 1 aliphatic carbocycles. The van der Waals surface area contributed by atoms with Gasteiger partial charge in [0.2, 0.25) is 0 Å². The molecule has 1 unspecified atom stereocenters. The van der Waals surface area contributed by atoms with E-state index in [4.69, 9.17) is 10.7 Å². The van der Waals surface area contributed by atoms with Gasteiger partial charge in [-0.2, -0.15) is 0 Å². The molecule has 4 heteroatoms. The van der Waals surface area contributed by atoms with Crippen LogP contribution < -0.4 is 5.73 Å². The summed E-state index contributed by atoms with van der Waals surface area (Å²) in [6, 6.07) is 0. The minimum atomic E-state index is -0.0521. The highest BCUT2D eigenvalue weighted by Crippen LogP contribution is 2.44. The number of piperidine rings is 1. The summed E-state index contributed by atoms with van der Waals surface area (Å²) in [6.45, 7) is 2.38. The van der Waals surface area contributed by atoms with Crippen molar-refractivity contribution in [1.29, 1.82) is 0 Å². The summed E-state index contributed by atoms with van der Waals surface area (Å²) in [6.07, 6.45) is 4.81. The van der Waals surface area contributed by atoms with Gasteiger partial charge in [-0.25, -0.2) is 4.98 Å². The lowest BCUT2D eigenvalue weighted by atomic mass is 9.96. The standard InChI is InChI=1S/C12H19N3S/c1-15-6-2-3-9(7-15)10-8-16-11(14-10)12(13)4-5-12/h8-9H,2-7,13H2,1H3. The molecule has 1 aliphatic heterocycles. The van der Waals surface area contributed by atoms with Gasteiger partial charge in [0.15, 0.2) is 0 Å². The summed E-state index contributed by atoms with van der Waals surface area (Å²) in [5.74, 6) is 0.631. The fraction of sp³-hybridized carbons (Fsp3) is 0.750. The Labute approximate surface area is 101 Å². The predicted octanol–water partition coefficient (Wildman–Crippen LogP) is 1.90. The van der Waals surface area contributed by atoms with E-state index in [0.29, 0.717) is 5.92 Å². The number of rotatable bonds is 2. The molecule has 88 valence electrons. The number of thiazole rings is 1. The van der Waals surface area contributed by atoms with Crippen molar-refractivity contribution in [2.75, 3.05) is 20.1 Å². The smallest absolute Gasteiger partial charge is 0.113 e. The molecule has 1 saturated carbocycles. The highest BCUT2D eigenvalue weighted by atomic mass is 32.1. The summed E-state index contributed by atoms with van der Waals surface area (Å²) in [5, 5.41) is 3.39. The number of aromatic nitrogens is 1. The maximum absolute atomic E-state index is 6.18. The lowest BCUT2D eigenvalue weighted by Crippen LogP contribution is -2.31. The lowest BCUT2D eigenvalue weighted by Gasteiger charge is -2.28. The molecule has 1 atom stereocenters. The van der Waals surface area contributed by atoms with E-state index in [2.05, 4.69) is 17.3 Å². The Balaban J connectivity index is 1.76. The van der Waals surface area contributed by atoms with Crippen LogP contribution in [0, 0.1) is 0 Å². The monoisotopic (exact) mass is 237 g/mol. The number of nitrogens with two attached hydrogens (primary N) is 1. The maximum Gasteiger partial charge on any atom is 0.113 e. The molecule has 3 rings (SSSR count). The van der Waals surface area contributed by atoms with Gasteiger partial charge in [-0.1, -0.05) is 0 Å². The molecule has 16 heavy (non-hydrogen) atoms. The molecule has 1 aromatic rings. The Kier molecular flexibility index (Phi) is 2.53. The van der Waals surface area contributed by atoms with Crippen LogP contribution in [0.2, 0.25) is 0 Å². The predicted molar refractivity (Wildman–Crippen MR) is 66.7 cm³/mol. The van der Waals surface area contributed by atoms with Gasteiger partial charge in [0, 0.05) is 17.8 Å².